The molecule has 3 nitrogen and oxygen atoms in total. The number of fused-ring (bicyclic) bond motifs is 2. The lowest BCUT2D eigenvalue weighted by atomic mass is 10.1. The first kappa shape index (κ1) is 11.4. The van der Waals surface area contributed by atoms with Gasteiger partial charge in [-0.3, -0.25) is 4.79 Å². The molecule has 0 saturated carbocycles. The molecule has 0 fully saturated rings. The Bertz CT molecular complexity index is 951. The number of benzene rings is 2. The molecule has 0 saturated heterocycles. The van der Waals surface area contributed by atoms with Crippen molar-refractivity contribution >= 4 is 32.5 Å². The van der Waals surface area contributed by atoms with Gasteiger partial charge in [0, 0.05) is 28.7 Å². The van der Waals surface area contributed by atoms with Crippen molar-refractivity contribution in [1.82, 2.24) is 9.97 Å². The second kappa shape index (κ2) is 4.28. The predicted molar refractivity (Wildman–Crippen MR) is 83.2 cm³/mol. The number of hydrogen-bond acceptors (Lipinski definition) is 3. The summed E-state index contributed by atoms with van der Waals surface area (Å²) in [7, 11) is 0. The van der Waals surface area contributed by atoms with E-state index in [2.05, 4.69) is 16.0 Å². The van der Waals surface area contributed by atoms with E-state index in [4.69, 9.17) is 0 Å². The van der Waals surface area contributed by atoms with Crippen molar-refractivity contribution in [3.63, 3.8) is 0 Å². The van der Waals surface area contributed by atoms with Gasteiger partial charge in [-0.1, -0.05) is 12.1 Å². The van der Waals surface area contributed by atoms with Crippen molar-refractivity contribution in [2.75, 3.05) is 0 Å². The lowest BCUT2D eigenvalue weighted by Gasteiger charge is -1.99. The molecule has 96 valence electrons. The normalized spacial score (nSPS) is 11.2. The van der Waals surface area contributed by atoms with Gasteiger partial charge in [0.25, 0.3) is 0 Å². The number of hydrogen-bond donors (Lipinski definition) is 1. The molecule has 1 N–H and O–H groups in total. The molecule has 4 heteroatoms. The van der Waals surface area contributed by atoms with E-state index in [0.29, 0.717) is 5.39 Å². The van der Waals surface area contributed by atoms with E-state index in [-0.39, 0.29) is 5.43 Å². The van der Waals surface area contributed by atoms with Gasteiger partial charge >= 0.3 is 0 Å². The summed E-state index contributed by atoms with van der Waals surface area (Å²) in [6, 6.07) is 15.4. The summed E-state index contributed by atoms with van der Waals surface area (Å²) in [6.45, 7) is 0. The Morgan fingerprint density at radius 2 is 1.95 bits per heavy atom. The largest absolute Gasteiger partial charge is 0.361 e. The zero-order valence-electron chi connectivity index (χ0n) is 10.5. The minimum absolute atomic E-state index is 0.0294. The maximum absolute atomic E-state index is 11.9. The number of aromatic nitrogens is 2. The average molecular weight is 278 g/mol. The Morgan fingerprint density at radius 3 is 2.85 bits per heavy atom. The van der Waals surface area contributed by atoms with Crippen LogP contribution in [0.25, 0.3) is 31.7 Å². The molecule has 0 bridgehead atoms. The molecule has 4 aromatic rings. The molecular formula is C16H10N2OS. The summed E-state index contributed by atoms with van der Waals surface area (Å²) in [6.07, 6.45) is 1.67. The molecule has 0 amide bonds. The van der Waals surface area contributed by atoms with E-state index >= 15 is 0 Å². The molecule has 0 aliphatic carbocycles. The quantitative estimate of drug-likeness (QED) is 0.575. The van der Waals surface area contributed by atoms with Crippen molar-refractivity contribution < 1.29 is 0 Å². The first-order valence-corrected chi connectivity index (χ1v) is 7.10. The zero-order valence-corrected chi connectivity index (χ0v) is 11.3. The fourth-order valence-corrected chi connectivity index (χ4v) is 3.26. The van der Waals surface area contributed by atoms with Gasteiger partial charge < -0.3 is 4.98 Å². The van der Waals surface area contributed by atoms with Gasteiger partial charge in [0.1, 0.15) is 5.01 Å². The molecule has 0 aliphatic rings. The van der Waals surface area contributed by atoms with Crippen LogP contribution in [0.3, 0.4) is 0 Å². The number of nitrogens with zero attached hydrogens (tertiary/aromatic N) is 1. The maximum Gasteiger partial charge on any atom is 0.189 e. The van der Waals surface area contributed by atoms with Crippen molar-refractivity contribution in [2.45, 2.75) is 0 Å². The molecule has 2 aromatic carbocycles. The van der Waals surface area contributed by atoms with Crippen LogP contribution in [0.2, 0.25) is 0 Å². The van der Waals surface area contributed by atoms with Crippen molar-refractivity contribution in [3.05, 3.63) is 65.0 Å². The number of rotatable bonds is 1. The van der Waals surface area contributed by atoms with Crippen LogP contribution in [0.1, 0.15) is 0 Å². The molecule has 2 aromatic heterocycles. The second-order valence-electron chi connectivity index (χ2n) is 4.59. The summed E-state index contributed by atoms with van der Waals surface area (Å²) in [5, 5.41) is 1.64. The van der Waals surface area contributed by atoms with Gasteiger partial charge in [-0.25, -0.2) is 4.98 Å². The standard InChI is InChI=1S/C16H10N2OS/c19-14-7-8-17-12-6-5-10(9-11(12)14)16-18-13-3-1-2-4-15(13)20-16/h1-9H,(H,17,19). The van der Waals surface area contributed by atoms with E-state index < -0.39 is 0 Å². The molecule has 0 aliphatic heterocycles. The Labute approximate surface area is 118 Å². The van der Waals surface area contributed by atoms with Crippen LogP contribution >= 0.6 is 11.3 Å². The third-order valence-electron chi connectivity index (χ3n) is 3.30. The summed E-state index contributed by atoms with van der Waals surface area (Å²) in [4.78, 5) is 19.6. The van der Waals surface area contributed by atoms with E-state index in [1.165, 1.54) is 0 Å². The van der Waals surface area contributed by atoms with Gasteiger partial charge in [0.2, 0.25) is 0 Å². The summed E-state index contributed by atoms with van der Waals surface area (Å²) >= 11 is 1.64. The maximum atomic E-state index is 11.9. The van der Waals surface area contributed by atoms with Crippen LogP contribution in [0.4, 0.5) is 0 Å². The van der Waals surface area contributed by atoms with Gasteiger partial charge in [-0.2, -0.15) is 0 Å². The summed E-state index contributed by atoms with van der Waals surface area (Å²) < 4.78 is 1.16. The highest BCUT2D eigenvalue weighted by Crippen LogP contribution is 2.30. The fraction of sp³-hybridized carbons (Fsp3) is 0. The molecule has 0 unspecified atom stereocenters. The van der Waals surface area contributed by atoms with E-state index in [1.807, 2.05) is 36.4 Å². The Morgan fingerprint density at radius 1 is 1.05 bits per heavy atom. The molecule has 0 atom stereocenters. The number of thiazole rings is 1. The monoisotopic (exact) mass is 278 g/mol. The zero-order chi connectivity index (χ0) is 13.5. The molecule has 0 radical (unpaired) electrons. The molecule has 4 rings (SSSR count). The van der Waals surface area contributed by atoms with Crippen LogP contribution in [0.5, 0.6) is 0 Å². The minimum Gasteiger partial charge on any atom is -0.361 e. The van der Waals surface area contributed by atoms with Gasteiger partial charge in [0.15, 0.2) is 5.43 Å². The fourth-order valence-electron chi connectivity index (χ4n) is 2.30. The first-order valence-electron chi connectivity index (χ1n) is 6.29. The Hall–Kier alpha value is -2.46. The Kier molecular flexibility index (Phi) is 2.44. The Balaban J connectivity index is 1.97. The summed E-state index contributed by atoms with van der Waals surface area (Å²) in [5.74, 6) is 0. The highest BCUT2D eigenvalue weighted by atomic mass is 32.1. The van der Waals surface area contributed by atoms with Crippen LogP contribution in [0.15, 0.2) is 59.5 Å². The third kappa shape index (κ3) is 1.73. The van der Waals surface area contributed by atoms with Crippen LogP contribution in [-0.4, -0.2) is 9.97 Å². The molecular weight excluding hydrogens is 268 g/mol. The third-order valence-corrected chi connectivity index (χ3v) is 4.38. The van der Waals surface area contributed by atoms with Crippen LogP contribution in [0, 0.1) is 0 Å². The SMILES string of the molecule is O=c1cc[nH]c2ccc(-c3nc4ccccc4s3)cc12. The number of nitrogens with one attached hydrogen (secondary N) is 1. The number of para-hydroxylation sites is 1. The van der Waals surface area contributed by atoms with Gasteiger partial charge in [-0.15, -0.1) is 11.3 Å². The number of H-pyrrole nitrogens is 1. The van der Waals surface area contributed by atoms with Crippen LogP contribution in [-0.2, 0) is 0 Å². The average Bonchev–Trinajstić information content (AvgIpc) is 2.91. The topological polar surface area (TPSA) is 45.8 Å². The van der Waals surface area contributed by atoms with Crippen molar-refractivity contribution in [3.8, 4) is 10.6 Å². The number of pyridine rings is 1. The van der Waals surface area contributed by atoms with E-state index in [0.717, 1.165) is 26.3 Å². The second-order valence-corrected chi connectivity index (χ2v) is 5.62. The lowest BCUT2D eigenvalue weighted by molar-refractivity contribution is 1.39. The van der Waals surface area contributed by atoms with E-state index in [9.17, 15) is 4.79 Å². The minimum atomic E-state index is 0.0294. The summed E-state index contributed by atoms with van der Waals surface area (Å²) in [5.41, 5.74) is 2.86. The first-order chi connectivity index (χ1) is 9.81. The molecule has 20 heavy (non-hydrogen) atoms. The van der Waals surface area contributed by atoms with E-state index in [1.54, 1.807) is 23.6 Å². The predicted octanol–water partition coefficient (Wildman–Crippen LogP) is 3.80. The number of aromatic amines is 1. The van der Waals surface area contributed by atoms with Gasteiger partial charge in [0.05, 0.1) is 10.2 Å². The van der Waals surface area contributed by atoms with Gasteiger partial charge in [-0.05, 0) is 30.3 Å². The smallest absolute Gasteiger partial charge is 0.189 e. The molecule has 2 heterocycles. The lowest BCUT2D eigenvalue weighted by Crippen LogP contribution is -1.99. The van der Waals surface area contributed by atoms with Crippen molar-refractivity contribution in [2.24, 2.45) is 0 Å². The molecule has 0 spiro atoms. The highest BCUT2D eigenvalue weighted by Gasteiger charge is 2.07. The highest BCUT2D eigenvalue weighted by molar-refractivity contribution is 7.21. The van der Waals surface area contributed by atoms with Crippen LogP contribution < -0.4 is 5.43 Å². The van der Waals surface area contributed by atoms with Crippen molar-refractivity contribution in [1.29, 1.82) is 0 Å².